The Kier molecular flexibility index (Phi) is 3.25. The van der Waals surface area contributed by atoms with Gasteiger partial charge in [0.2, 0.25) is 0 Å². The quantitative estimate of drug-likeness (QED) is 0.708. The molecule has 0 atom stereocenters. The van der Waals surface area contributed by atoms with Crippen LogP contribution in [-0.4, -0.2) is 30.1 Å². The van der Waals surface area contributed by atoms with Crippen molar-refractivity contribution in [1.29, 1.82) is 5.26 Å². The normalized spacial score (nSPS) is 16.9. The van der Waals surface area contributed by atoms with Gasteiger partial charge in [-0.05, 0) is 25.0 Å². The van der Waals surface area contributed by atoms with Gasteiger partial charge in [-0.15, -0.1) is 0 Å². The third-order valence-electron chi connectivity index (χ3n) is 3.04. The topological polar surface area (TPSA) is 49.1 Å². The van der Waals surface area contributed by atoms with Gasteiger partial charge in [0.25, 0.3) is 0 Å². The molecule has 0 saturated carbocycles. The van der Waals surface area contributed by atoms with Crippen LogP contribution >= 0.6 is 0 Å². The van der Waals surface area contributed by atoms with E-state index in [0.29, 0.717) is 5.92 Å². The van der Waals surface area contributed by atoms with Crippen LogP contribution in [0.3, 0.4) is 0 Å². The molecule has 0 unspecified atom stereocenters. The second-order valence-corrected chi connectivity index (χ2v) is 3.95. The van der Waals surface area contributed by atoms with Crippen molar-refractivity contribution in [2.75, 3.05) is 20.2 Å². The molecule has 4 heteroatoms. The van der Waals surface area contributed by atoms with Crippen LogP contribution in [0.4, 0.5) is 0 Å². The summed E-state index contributed by atoms with van der Waals surface area (Å²) >= 11 is 0. The molecule has 2 rings (SSSR count). The minimum Gasteiger partial charge on any atom is -0.495 e. The maximum Gasteiger partial charge on any atom is 0.179 e. The SMILES string of the molecule is COc1cccnc1C1CCN(C#N)CC1. The summed E-state index contributed by atoms with van der Waals surface area (Å²) in [6.45, 7) is 1.64. The molecule has 1 saturated heterocycles. The molecule has 1 aliphatic heterocycles. The van der Waals surface area contributed by atoms with Crippen LogP contribution in [0.1, 0.15) is 24.5 Å². The first-order valence-electron chi connectivity index (χ1n) is 5.48. The third-order valence-corrected chi connectivity index (χ3v) is 3.04. The average Bonchev–Trinajstić information content (AvgIpc) is 2.39. The Hall–Kier alpha value is -1.76. The van der Waals surface area contributed by atoms with E-state index in [4.69, 9.17) is 10.00 Å². The van der Waals surface area contributed by atoms with Crippen molar-refractivity contribution in [2.45, 2.75) is 18.8 Å². The fourth-order valence-corrected chi connectivity index (χ4v) is 2.13. The zero-order chi connectivity index (χ0) is 11.4. The molecule has 0 bridgehead atoms. The molecule has 16 heavy (non-hydrogen) atoms. The van der Waals surface area contributed by atoms with Crippen LogP contribution in [0.25, 0.3) is 0 Å². The average molecular weight is 217 g/mol. The lowest BCUT2D eigenvalue weighted by Gasteiger charge is -2.28. The predicted molar refractivity (Wildman–Crippen MR) is 60.0 cm³/mol. The molecule has 1 aliphatic rings. The Morgan fingerprint density at radius 1 is 1.50 bits per heavy atom. The predicted octanol–water partition coefficient (Wildman–Crippen LogP) is 1.75. The summed E-state index contributed by atoms with van der Waals surface area (Å²) in [5, 5.41) is 8.78. The molecule has 0 aromatic carbocycles. The number of ether oxygens (including phenoxy) is 1. The van der Waals surface area contributed by atoms with Crippen LogP contribution in [0.5, 0.6) is 5.75 Å². The number of pyridine rings is 1. The summed E-state index contributed by atoms with van der Waals surface area (Å²) in [5.41, 5.74) is 1.03. The molecule has 0 N–H and O–H groups in total. The van der Waals surface area contributed by atoms with E-state index in [1.165, 1.54) is 0 Å². The first-order valence-corrected chi connectivity index (χ1v) is 5.48. The number of methoxy groups -OCH3 is 1. The Bertz CT molecular complexity index is 391. The van der Waals surface area contributed by atoms with E-state index in [2.05, 4.69) is 11.2 Å². The number of likely N-dealkylation sites (tertiary alicyclic amines) is 1. The highest BCUT2D eigenvalue weighted by molar-refractivity contribution is 5.30. The van der Waals surface area contributed by atoms with E-state index < -0.39 is 0 Å². The highest BCUT2D eigenvalue weighted by Crippen LogP contribution is 2.31. The van der Waals surface area contributed by atoms with Crippen molar-refractivity contribution >= 4 is 0 Å². The minimum absolute atomic E-state index is 0.417. The van der Waals surface area contributed by atoms with Gasteiger partial charge in [0, 0.05) is 25.2 Å². The summed E-state index contributed by atoms with van der Waals surface area (Å²) in [6.07, 6.45) is 5.93. The van der Waals surface area contributed by atoms with Crippen LogP contribution in [-0.2, 0) is 0 Å². The van der Waals surface area contributed by atoms with Crippen LogP contribution in [0.2, 0.25) is 0 Å². The van der Waals surface area contributed by atoms with Crippen LogP contribution in [0.15, 0.2) is 18.3 Å². The fraction of sp³-hybridized carbons (Fsp3) is 0.500. The Labute approximate surface area is 95.5 Å². The van der Waals surface area contributed by atoms with E-state index in [1.54, 1.807) is 18.2 Å². The van der Waals surface area contributed by atoms with Gasteiger partial charge in [0.15, 0.2) is 6.19 Å². The number of hydrogen-bond donors (Lipinski definition) is 0. The third kappa shape index (κ3) is 2.08. The smallest absolute Gasteiger partial charge is 0.179 e. The van der Waals surface area contributed by atoms with Crippen molar-refractivity contribution in [1.82, 2.24) is 9.88 Å². The zero-order valence-electron chi connectivity index (χ0n) is 9.39. The Balaban J connectivity index is 2.11. The fourth-order valence-electron chi connectivity index (χ4n) is 2.13. The van der Waals surface area contributed by atoms with Crippen molar-refractivity contribution in [3.63, 3.8) is 0 Å². The Morgan fingerprint density at radius 3 is 2.88 bits per heavy atom. The summed E-state index contributed by atoms with van der Waals surface area (Å²) < 4.78 is 5.31. The van der Waals surface area contributed by atoms with Crippen molar-refractivity contribution in [2.24, 2.45) is 0 Å². The molecular formula is C12H15N3O. The lowest BCUT2D eigenvalue weighted by molar-refractivity contribution is 0.287. The minimum atomic E-state index is 0.417. The monoisotopic (exact) mass is 217 g/mol. The lowest BCUT2D eigenvalue weighted by Crippen LogP contribution is -2.29. The van der Waals surface area contributed by atoms with Gasteiger partial charge in [-0.25, -0.2) is 0 Å². The largest absolute Gasteiger partial charge is 0.495 e. The number of nitrogens with zero attached hydrogens (tertiary/aromatic N) is 3. The molecule has 0 aliphatic carbocycles. The molecule has 1 aromatic heterocycles. The van der Waals surface area contributed by atoms with E-state index in [1.807, 2.05) is 12.1 Å². The van der Waals surface area contributed by atoms with Gasteiger partial charge in [-0.2, -0.15) is 5.26 Å². The zero-order valence-corrected chi connectivity index (χ0v) is 9.39. The lowest BCUT2D eigenvalue weighted by atomic mass is 9.93. The summed E-state index contributed by atoms with van der Waals surface area (Å²) in [5.74, 6) is 1.28. The van der Waals surface area contributed by atoms with Gasteiger partial charge >= 0.3 is 0 Å². The maximum absolute atomic E-state index is 8.78. The second kappa shape index (κ2) is 4.84. The van der Waals surface area contributed by atoms with Gasteiger partial charge in [0.05, 0.1) is 12.8 Å². The molecular weight excluding hydrogens is 202 g/mol. The second-order valence-electron chi connectivity index (χ2n) is 3.95. The van der Waals surface area contributed by atoms with Gasteiger partial charge in [-0.3, -0.25) is 4.98 Å². The number of piperidine rings is 1. The van der Waals surface area contributed by atoms with Crippen molar-refractivity contribution in [3.05, 3.63) is 24.0 Å². The summed E-state index contributed by atoms with van der Waals surface area (Å²) in [6, 6.07) is 3.83. The van der Waals surface area contributed by atoms with E-state index in [0.717, 1.165) is 37.4 Å². The van der Waals surface area contributed by atoms with E-state index in [-0.39, 0.29) is 0 Å². The van der Waals surface area contributed by atoms with Crippen molar-refractivity contribution < 1.29 is 4.74 Å². The molecule has 0 amide bonds. The van der Waals surface area contributed by atoms with Crippen molar-refractivity contribution in [3.8, 4) is 11.9 Å². The number of rotatable bonds is 2. The van der Waals surface area contributed by atoms with Gasteiger partial charge in [-0.1, -0.05) is 0 Å². The highest BCUT2D eigenvalue weighted by Gasteiger charge is 2.23. The molecule has 0 radical (unpaired) electrons. The molecule has 4 nitrogen and oxygen atoms in total. The summed E-state index contributed by atoms with van der Waals surface area (Å²) in [7, 11) is 1.67. The first kappa shape index (κ1) is 10.7. The molecule has 0 spiro atoms. The number of nitriles is 1. The first-order chi connectivity index (χ1) is 7.85. The van der Waals surface area contributed by atoms with E-state index in [9.17, 15) is 0 Å². The maximum atomic E-state index is 8.78. The van der Waals surface area contributed by atoms with Gasteiger partial charge in [0.1, 0.15) is 5.75 Å². The van der Waals surface area contributed by atoms with Crippen LogP contribution in [0, 0.1) is 11.5 Å². The van der Waals surface area contributed by atoms with E-state index >= 15 is 0 Å². The standard InChI is InChI=1S/C12H15N3O/c1-16-11-3-2-6-14-12(11)10-4-7-15(9-13)8-5-10/h2-3,6,10H,4-5,7-8H2,1H3. The summed E-state index contributed by atoms with van der Waals surface area (Å²) in [4.78, 5) is 6.20. The number of aromatic nitrogens is 1. The highest BCUT2D eigenvalue weighted by atomic mass is 16.5. The molecule has 2 heterocycles. The molecule has 84 valence electrons. The van der Waals surface area contributed by atoms with Gasteiger partial charge < -0.3 is 9.64 Å². The van der Waals surface area contributed by atoms with Crippen LogP contribution < -0.4 is 4.74 Å². The number of hydrogen-bond acceptors (Lipinski definition) is 4. The Morgan fingerprint density at radius 2 is 2.25 bits per heavy atom. The molecule has 1 aromatic rings. The molecule has 1 fully saturated rings.